The van der Waals surface area contributed by atoms with Gasteiger partial charge in [-0.2, -0.15) is 0 Å². The average molecular weight is 438 g/mol. The molecule has 0 amide bonds. The molecule has 1 aromatic rings. The Labute approximate surface area is 177 Å². The Morgan fingerprint density at radius 1 is 1.07 bits per heavy atom. The molecule has 0 aromatic heterocycles. The van der Waals surface area contributed by atoms with Gasteiger partial charge in [-0.1, -0.05) is 54.2 Å². The summed E-state index contributed by atoms with van der Waals surface area (Å²) in [5, 5.41) is 0. The summed E-state index contributed by atoms with van der Waals surface area (Å²) in [4.78, 5) is 0.241. The zero-order chi connectivity index (χ0) is 22.0. The molecular formula is C22H35NO4SSi. The summed E-state index contributed by atoms with van der Waals surface area (Å²) in [5.74, 6) is 1.15. The highest BCUT2D eigenvalue weighted by Crippen LogP contribution is 2.44. The lowest BCUT2D eigenvalue weighted by Crippen LogP contribution is -2.48. The second-order valence-electron chi connectivity index (χ2n) is 8.58. The molecule has 1 aliphatic heterocycles. The third-order valence-corrected chi connectivity index (χ3v) is 13.7. The highest BCUT2D eigenvalue weighted by molar-refractivity contribution is 7.89. The van der Waals surface area contributed by atoms with Crippen LogP contribution in [0.4, 0.5) is 0 Å². The number of benzene rings is 1. The molecule has 1 aromatic carbocycles. The van der Waals surface area contributed by atoms with Crippen LogP contribution in [0.1, 0.15) is 41.5 Å². The molecule has 0 N–H and O–H groups in total. The first-order valence-electron chi connectivity index (χ1n) is 10.2. The minimum atomic E-state index is -3.62. The molecule has 0 spiro atoms. The van der Waals surface area contributed by atoms with E-state index in [-0.39, 0.29) is 10.8 Å². The van der Waals surface area contributed by atoms with Crippen molar-refractivity contribution in [2.45, 2.75) is 63.1 Å². The van der Waals surface area contributed by atoms with Crippen molar-refractivity contribution in [3.05, 3.63) is 48.9 Å². The zero-order valence-corrected chi connectivity index (χ0v) is 20.5. The van der Waals surface area contributed by atoms with E-state index in [0.717, 1.165) is 0 Å². The summed E-state index contributed by atoms with van der Waals surface area (Å²) >= 11 is 0. The Kier molecular flexibility index (Phi) is 7.27. The van der Waals surface area contributed by atoms with Crippen LogP contribution < -0.4 is 4.74 Å². The van der Waals surface area contributed by atoms with E-state index >= 15 is 0 Å². The molecule has 1 atom stereocenters. The first-order chi connectivity index (χ1) is 13.5. The van der Waals surface area contributed by atoms with Crippen molar-refractivity contribution in [2.75, 3.05) is 13.7 Å². The summed E-state index contributed by atoms with van der Waals surface area (Å²) < 4.78 is 39.1. The van der Waals surface area contributed by atoms with Gasteiger partial charge in [-0.3, -0.25) is 4.31 Å². The summed E-state index contributed by atoms with van der Waals surface area (Å²) in [6.45, 7) is 17.9. The van der Waals surface area contributed by atoms with Crippen molar-refractivity contribution in [1.82, 2.24) is 4.31 Å². The molecule has 1 aliphatic rings. The lowest BCUT2D eigenvalue weighted by atomic mass is 10.1. The van der Waals surface area contributed by atoms with E-state index in [1.165, 1.54) is 4.31 Å². The average Bonchev–Trinajstić information content (AvgIpc) is 3.16. The molecular weight excluding hydrogens is 402 g/mol. The Balaban J connectivity index is 2.17. The molecule has 1 heterocycles. The Bertz CT molecular complexity index is 822. The monoisotopic (exact) mass is 437 g/mol. The van der Waals surface area contributed by atoms with E-state index in [9.17, 15) is 8.42 Å². The largest absolute Gasteiger partial charge is 0.546 e. The van der Waals surface area contributed by atoms with Crippen LogP contribution in [-0.4, -0.2) is 34.7 Å². The van der Waals surface area contributed by atoms with Crippen LogP contribution in [0.25, 0.3) is 0 Å². The molecule has 0 bridgehead atoms. The van der Waals surface area contributed by atoms with Crippen LogP contribution in [0.5, 0.6) is 5.75 Å². The van der Waals surface area contributed by atoms with Crippen molar-refractivity contribution in [1.29, 1.82) is 0 Å². The maximum atomic E-state index is 13.0. The lowest BCUT2D eigenvalue weighted by Gasteiger charge is -2.43. The number of hydrogen-bond donors (Lipinski definition) is 0. The minimum Gasteiger partial charge on any atom is -0.546 e. The number of nitrogens with zero attached hydrogens (tertiary/aromatic N) is 1. The van der Waals surface area contributed by atoms with Crippen LogP contribution in [0.2, 0.25) is 16.6 Å². The molecule has 0 radical (unpaired) electrons. The third kappa shape index (κ3) is 4.56. The first-order valence-corrected chi connectivity index (χ1v) is 13.8. The minimum absolute atomic E-state index is 0.147. The maximum Gasteiger partial charge on any atom is 0.263 e. The normalized spacial score (nSPS) is 17.4. The first kappa shape index (κ1) is 23.5. The smallest absolute Gasteiger partial charge is 0.263 e. The Morgan fingerprint density at radius 3 is 2.03 bits per heavy atom. The van der Waals surface area contributed by atoms with Gasteiger partial charge < -0.3 is 9.16 Å². The van der Waals surface area contributed by atoms with E-state index in [4.69, 9.17) is 9.16 Å². The van der Waals surface area contributed by atoms with Gasteiger partial charge in [0.05, 0.1) is 23.7 Å². The summed E-state index contributed by atoms with van der Waals surface area (Å²) in [6, 6.07) is 6.43. The fourth-order valence-electron chi connectivity index (χ4n) is 4.44. The van der Waals surface area contributed by atoms with Crippen molar-refractivity contribution < 1.29 is 17.6 Å². The number of sulfonamides is 1. The van der Waals surface area contributed by atoms with Gasteiger partial charge in [-0.15, -0.1) is 0 Å². The molecule has 5 nitrogen and oxygen atoms in total. The Hall–Kier alpha value is -1.73. The van der Waals surface area contributed by atoms with E-state index in [1.807, 2.05) is 6.08 Å². The molecule has 29 heavy (non-hydrogen) atoms. The van der Waals surface area contributed by atoms with E-state index in [2.05, 4.69) is 48.1 Å². The molecule has 0 fully saturated rings. The van der Waals surface area contributed by atoms with Crippen LogP contribution in [0, 0.1) is 5.92 Å². The fraction of sp³-hybridized carbons (Fsp3) is 0.545. The second-order valence-corrected chi connectivity index (χ2v) is 15.9. The van der Waals surface area contributed by atoms with Crippen molar-refractivity contribution >= 4 is 18.3 Å². The maximum absolute atomic E-state index is 13.0. The standard InChI is InChI=1S/C22H35NO4SSi/c1-16(2)29(17(3)4,18(5)6)27-19(7)20-13-14-23(15-20)28(24,25)22-11-9-21(26-8)10-12-22/h9-14,16-18,20H,7,15H2,1-6,8H3. The summed E-state index contributed by atoms with van der Waals surface area (Å²) in [6.07, 6.45) is 3.51. The fourth-order valence-corrected chi connectivity index (χ4v) is 11.1. The molecule has 7 heteroatoms. The molecule has 162 valence electrons. The van der Waals surface area contributed by atoms with Gasteiger partial charge in [0.15, 0.2) is 0 Å². The summed E-state index contributed by atoms with van der Waals surface area (Å²) in [5.41, 5.74) is 1.30. The van der Waals surface area contributed by atoms with Gasteiger partial charge in [0.1, 0.15) is 5.75 Å². The molecule has 0 saturated heterocycles. The Morgan fingerprint density at radius 2 is 1.59 bits per heavy atom. The van der Waals surface area contributed by atoms with Crippen molar-refractivity contribution in [3.63, 3.8) is 0 Å². The summed E-state index contributed by atoms with van der Waals surface area (Å²) in [7, 11) is -4.18. The number of rotatable bonds is 9. The van der Waals surface area contributed by atoms with Gasteiger partial charge in [-0.25, -0.2) is 8.42 Å². The number of methoxy groups -OCH3 is 1. The van der Waals surface area contributed by atoms with Crippen molar-refractivity contribution in [3.8, 4) is 5.75 Å². The van der Waals surface area contributed by atoms with Crippen LogP contribution in [-0.2, 0) is 14.4 Å². The number of ether oxygens (including phenoxy) is 1. The number of hydrogen-bond acceptors (Lipinski definition) is 4. The van der Waals surface area contributed by atoms with E-state index < -0.39 is 18.3 Å². The molecule has 1 unspecified atom stereocenters. The van der Waals surface area contributed by atoms with Crippen LogP contribution >= 0.6 is 0 Å². The highest BCUT2D eigenvalue weighted by atomic mass is 32.2. The quantitative estimate of drug-likeness (QED) is 0.376. The van der Waals surface area contributed by atoms with Crippen LogP contribution in [0.3, 0.4) is 0 Å². The predicted molar refractivity (Wildman–Crippen MR) is 121 cm³/mol. The second kappa shape index (κ2) is 8.96. The molecule has 2 rings (SSSR count). The van der Waals surface area contributed by atoms with E-state index in [0.29, 0.717) is 34.7 Å². The molecule has 0 aliphatic carbocycles. The lowest BCUT2D eigenvalue weighted by molar-refractivity contribution is 0.326. The molecule has 0 saturated carbocycles. The van der Waals surface area contributed by atoms with Gasteiger partial charge in [-0.05, 0) is 40.9 Å². The van der Waals surface area contributed by atoms with Gasteiger partial charge in [0.25, 0.3) is 18.3 Å². The predicted octanol–water partition coefficient (Wildman–Crippen LogP) is 5.54. The van der Waals surface area contributed by atoms with Gasteiger partial charge in [0.2, 0.25) is 0 Å². The van der Waals surface area contributed by atoms with E-state index in [1.54, 1.807) is 37.6 Å². The third-order valence-electron chi connectivity index (χ3n) is 5.96. The highest BCUT2D eigenvalue weighted by Gasteiger charge is 2.48. The zero-order valence-electron chi connectivity index (χ0n) is 18.7. The SMILES string of the molecule is C=C(O[Si](C(C)C)(C(C)C)C(C)C)C1C=CN(S(=O)(=O)c2ccc(OC)cc2)C1. The van der Waals surface area contributed by atoms with Crippen molar-refractivity contribution in [2.24, 2.45) is 5.92 Å². The van der Waals surface area contributed by atoms with Gasteiger partial charge >= 0.3 is 0 Å². The topological polar surface area (TPSA) is 55.8 Å². The van der Waals surface area contributed by atoms with Gasteiger partial charge in [0, 0.05) is 12.7 Å². The van der Waals surface area contributed by atoms with Crippen LogP contribution in [0.15, 0.2) is 53.8 Å².